The van der Waals surface area contributed by atoms with Crippen molar-refractivity contribution in [3.63, 3.8) is 0 Å². The van der Waals surface area contributed by atoms with Gasteiger partial charge in [0.05, 0.1) is 18.5 Å². The predicted octanol–water partition coefficient (Wildman–Crippen LogP) is 1.89. The van der Waals surface area contributed by atoms with Crippen molar-refractivity contribution in [3.05, 3.63) is 0 Å². The van der Waals surface area contributed by atoms with Crippen molar-refractivity contribution in [2.24, 2.45) is 0 Å². The first-order valence-electron chi connectivity index (χ1n) is 5.60. The molecule has 0 heterocycles. The van der Waals surface area contributed by atoms with E-state index in [-0.39, 0.29) is 23.3 Å². The molecule has 0 bridgehead atoms. The summed E-state index contributed by atoms with van der Waals surface area (Å²) in [6.07, 6.45) is 2.07. The van der Waals surface area contributed by atoms with E-state index in [1.165, 1.54) is 0 Å². The molecule has 0 aliphatic rings. The highest BCUT2D eigenvalue weighted by Gasteiger charge is 2.12. The summed E-state index contributed by atoms with van der Waals surface area (Å²) >= 11 is 3.42. The van der Waals surface area contributed by atoms with Crippen molar-refractivity contribution < 1.29 is 13.2 Å². The normalized spacial score (nSPS) is 14.3. The van der Waals surface area contributed by atoms with E-state index in [1.807, 2.05) is 13.8 Å². The second kappa shape index (κ2) is 8.44. The van der Waals surface area contributed by atoms with E-state index in [2.05, 4.69) is 27.6 Å². The number of sulfonamides is 1. The molecule has 4 nitrogen and oxygen atoms in total. The molecule has 1 atom stereocenters. The average molecular weight is 316 g/mol. The van der Waals surface area contributed by atoms with Crippen LogP contribution in [-0.4, -0.2) is 38.3 Å². The topological polar surface area (TPSA) is 55.4 Å². The maximum atomic E-state index is 11.5. The van der Waals surface area contributed by atoms with E-state index in [4.69, 9.17) is 4.74 Å². The predicted molar refractivity (Wildman–Crippen MR) is 70.5 cm³/mol. The van der Waals surface area contributed by atoms with Gasteiger partial charge in [-0.2, -0.15) is 0 Å². The number of nitrogens with one attached hydrogen (secondary N) is 1. The molecule has 0 spiro atoms. The lowest BCUT2D eigenvalue weighted by atomic mass is 10.2. The van der Waals surface area contributed by atoms with Crippen molar-refractivity contribution in [2.45, 2.75) is 44.5 Å². The number of ether oxygens (including phenoxy) is 1. The minimum Gasteiger partial charge on any atom is -0.378 e. The molecule has 0 aromatic heterocycles. The fraction of sp³-hybridized carbons (Fsp3) is 1.00. The highest BCUT2D eigenvalue weighted by molar-refractivity contribution is 9.09. The highest BCUT2D eigenvalue weighted by atomic mass is 79.9. The average Bonchev–Trinajstić information content (AvgIpc) is 2.14. The Morgan fingerprint density at radius 2 is 2.00 bits per heavy atom. The SMILES string of the molecule is CCCC(Br)CNS(=O)(=O)CCOC(C)C. The van der Waals surface area contributed by atoms with Crippen molar-refractivity contribution in [1.82, 2.24) is 4.72 Å². The van der Waals surface area contributed by atoms with E-state index >= 15 is 0 Å². The van der Waals surface area contributed by atoms with Gasteiger partial charge in [0, 0.05) is 11.4 Å². The zero-order valence-electron chi connectivity index (χ0n) is 10.2. The molecule has 0 radical (unpaired) electrons. The van der Waals surface area contributed by atoms with Gasteiger partial charge in [-0.3, -0.25) is 0 Å². The van der Waals surface area contributed by atoms with Gasteiger partial charge in [0.15, 0.2) is 0 Å². The summed E-state index contributed by atoms with van der Waals surface area (Å²) in [5.41, 5.74) is 0. The summed E-state index contributed by atoms with van der Waals surface area (Å²) in [7, 11) is -3.20. The van der Waals surface area contributed by atoms with E-state index in [1.54, 1.807) is 0 Å². The van der Waals surface area contributed by atoms with Crippen LogP contribution in [0.4, 0.5) is 0 Å². The van der Waals surface area contributed by atoms with Crippen LogP contribution in [0.3, 0.4) is 0 Å². The zero-order chi connectivity index (χ0) is 12.6. The Bertz CT molecular complexity index is 267. The van der Waals surface area contributed by atoms with E-state index in [0.717, 1.165) is 12.8 Å². The Labute approximate surface area is 107 Å². The lowest BCUT2D eigenvalue weighted by Crippen LogP contribution is -2.33. The summed E-state index contributed by atoms with van der Waals surface area (Å²) in [5.74, 6) is 0.0248. The molecule has 16 heavy (non-hydrogen) atoms. The molecule has 0 aromatic rings. The molecule has 0 aromatic carbocycles. The van der Waals surface area contributed by atoms with Gasteiger partial charge < -0.3 is 4.74 Å². The quantitative estimate of drug-likeness (QED) is 0.661. The maximum absolute atomic E-state index is 11.5. The van der Waals surface area contributed by atoms with E-state index in [9.17, 15) is 8.42 Å². The Balaban J connectivity index is 3.78. The van der Waals surface area contributed by atoms with Gasteiger partial charge in [-0.25, -0.2) is 13.1 Å². The van der Waals surface area contributed by atoms with Crippen LogP contribution in [-0.2, 0) is 14.8 Å². The fourth-order valence-electron chi connectivity index (χ4n) is 1.10. The summed E-state index contributed by atoms with van der Waals surface area (Å²) in [6.45, 7) is 6.52. The number of alkyl halides is 1. The maximum Gasteiger partial charge on any atom is 0.213 e. The van der Waals surface area contributed by atoms with Crippen molar-refractivity contribution in [3.8, 4) is 0 Å². The van der Waals surface area contributed by atoms with Crippen LogP contribution in [0.15, 0.2) is 0 Å². The molecular formula is C10H22BrNO3S. The van der Waals surface area contributed by atoms with Gasteiger partial charge in [0.25, 0.3) is 0 Å². The molecule has 0 aliphatic carbocycles. The summed E-state index contributed by atoms with van der Waals surface area (Å²) in [4.78, 5) is 0.207. The minimum absolute atomic E-state index is 0.0248. The Kier molecular flexibility index (Phi) is 8.63. The molecule has 0 aliphatic heterocycles. The highest BCUT2D eigenvalue weighted by Crippen LogP contribution is 2.06. The van der Waals surface area contributed by atoms with Crippen molar-refractivity contribution in [2.75, 3.05) is 18.9 Å². The second-order valence-electron chi connectivity index (χ2n) is 3.97. The third-order valence-corrected chi connectivity index (χ3v) is 4.02. The molecule has 1 unspecified atom stereocenters. The summed E-state index contributed by atoms with van der Waals surface area (Å²) in [6, 6.07) is 0. The Hall–Kier alpha value is 0.350. The Morgan fingerprint density at radius 1 is 1.38 bits per heavy atom. The van der Waals surface area contributed by atoms with Crippen LogP contribution in [0.2, 0.25) is 0 Å². The number of rotatable bonds is 9. The molecule has 98 valence electrons. The second-order valence-corrected chi connectivity index (χ2v) is 7.19. The van der Waals surface area contributed by atoms with Gasteiger partial charge in [0.2, 0.25) is 10.0 Å². The summed E-state index contributed by atoms with van der Waals surface area (Å²) in [5, 5.41) is 0. The first-order chi connectivity index (χ1) is 7.37. The molecule has 0 amide bonds. The van der Waals surface area contributed by atoms with Gasteiger partial charge in [-0.1, -0.05) is 29.3 Å². The molecule has 6 heteroatoms. The molecular weight excluding hydrogens is 294 g/mol. The van der Waals surface area contributed by atoms with Crippen LogP contribution in [0.1, 0.15) is 33.6 Å². The van der Waals surface area contributed by atoms with Crippen molar-refractivity contribution in [1.29, 1.82) is 0 Å². The third kappa shape index (κ3) is 9.57. The number of hydrogen-bond donors (Lipinski definition) is 1. The molecule has 0 saturated carbocycles. The monoisotopic (exact) mass is 315 g/mol. The van der Waals surface area contributed by atoms with E-state index < -0.39 is 10.0 Å². The lowest BCUT2D eigenvalue weighted by molar-refractivity contribution is 0.0911. The first kappa shape index (κ1) is 16.4. The molecule has 0 rings (SSSR count). The number of hydrogen-bond acceptors (Lipinski definition) is 3. The lowest BCUT2D eigenvalue weighted by Gasteiger charge is -2.11. The third-order valence-electron chi connectivity index (χ3n) is 1.93. The van der Waals surface area contributed by atoms with Crippen LogP contribution >= 0.6 is 15.9 Å². The summed E-state index contributed by atoms with van der Waals surface area (Å²) < 4.78 is 30.8. The van der Waals surface area contributed by atoms with Crippen LogP contribution in [0, 0.1) is 0 Å². The van der Waals surface area contributed by atoms with Gasteiger partial charge in [0.1, 0.15) is 0 Å². The van der Waals surface area contributed by atoms with E-state index in [0.29, 0.717) is 6.54 Å². The van der Waals surface area contributed by atoms with Crippen molar-refractivity contribution >= 4 is 26.0 Å². The molecule has 0 fully saturated rings. The Morgan fingerprint density at radius 3 is 2.50 bits per heavy atom. The zero-order valence-corrected chi connectivity index (χ0v) is 12.6. The minimum atomic E-state index is -3.20. The van der Waals surface area contributed by atoms with Gasteiger partial charge in [-0.05, 0) is 20.3 Å². The van der Waals surface area contributed by atoms with Gasteiger partial charge in [-0.15, -0.1) is 0 Å². The smallest absolute Gasteiger partial charge is 0.213 e. The molecule has 1 N–H and O–H groups in total. The standard InChI is InChI=1S/C10H22BrNO3S/c1-4-5-10(11)8-12-16(13,14)7-6-15-9(2)3/h9-10,12H,4-8H2,1-3H3. The first-order valence-corrected chi connectivity index (χ1v) is 8.17. The largest absolute Gasteiger partial charge is 0.378 e. The van der Waals surface area contributed by atoms with Gasteiger partial charge >= 0.3 is 0 Å². The van der Waals surface area contributed by atoms with Crippen LogP contribution < -0.4 is 4.72 Å². The number of halogens is 1. The fourth-order valence-corrected chi connectivity index (χ4v) is 2.85. The van der Waals surface area contributed by atoms with Crippen LogP contribution in [0.5, 0.6) is 0 Å². The molecule has 0 saturated heterocycles. The van der Waals surface area contributed by atoms with Crippen LogP contribution in [0.25, 0.3) is 0 Å².